The Morgan fingerprint density at radius 3 is 2.83 bits per heavy atom. The van der Waals surface area contributed by atoms with Gasteiger partial charge in [-0.25, -0.2) is 4.79 Å². The van der Waals surface area contributed by atoms with Crippen molar-refractivity contribution >= 4 is 11.9 Å². The minimum Gasteiger partial charge on any atom is -0.493 e. The average molecular weight is 323 g/mol. The highest BCUT2D eigenvalue weighted by atomic mass is 16.5. The maximum Gasteiger partial charge on any atom is 0.329 e. The third kappa shape index (κ3) is 6.25. The number of ether oxygens (including phenoxy) is 3. The molecule has 1 fully saturated rings. The number of carbonyl (C=O) groups is 2. The van der Waals surface area contributed by atoms with E-state index in [0.717, 1.165) is 0 Å². The van der Waals surface area contributed by atoms with E-state index in [1.807, 2.05) is 30.3 Å². The van der Waals surface area contributed by atoms with Gasteiger partial charge in [-0.1, -0.05) is 18.2 Å². The topological polar surface area (TPSA) is 94.1 Å². The number of benzene rings is 1. The highest BCUT2D eigenvalue weighted by Gasteiger charge is 2.28. The SMILES string of the molecule is O=C(O)CO[C@H]1CCOC[C@H]1NC(=O)CCOc1ccccc1. The Kier molecular flexibility index (Phi) is 6.83. The van der Waals surface area contributed by atoms with Crippen molar-refractivity contribution in [3.05, 3.63) is 30.3 Å². The molecule has 7 nitrogen and oxygen atoms in total. The molecule has 1 saturated heterocycles. The average Bonchev–Trinajstić information content (AvgIpc) is 2.55. The van der Waals surface area contributed by atoms with Crippen LogP contribution in [0.2, 0.25) is 0 Å². The van der Waals surface area contributed by atoms with Gasteiger partial charge in [-0.15, -0.1) is 0 Å². The normalized spacial score (nSPS) is 20.7. The third-order valence-corrected chi connectivity index (χ3v) is 3.40. The number of nitrogens with one attached hydrogen (secondary N) is 1. The number of hydrogen-bond donors (Lipinski definition) is 2. The van der Waals surface area contributed by atoms with Crippen LogP contribution < -0.4 is 10.1 Å². The lowest BCUT2D eigenvalue weighted by Gasteiger charge is -2.31. The third-order valence-electron chi connectivity index (χ3n) is 3.40. The Bertz CT molecular complexity index is 507. The Hall–Kier alpha value is -2.12. The molecular weight excluding hydrogens is 302 g/mol. The molecule has 0 saturated carbocycles. The maximum atomic E-state index is 12.0. The van der Waals surface area contributed by atoms with Gasteiger partial charge in [0, 0.05) is 6.61 Å². The van der Waals surface area contributed by atoms with Crippen molar-refractivity contribution in [2.24, 2.45) is 0 Å². The van der Waals surface area contributed by atoms with E-state index < -0.39 is 5.97 Å². The highest BCUT2D eigenvalue weighted by Crippen LogP contribution is 2.12. The van der Waals surface area contributed by atoms with Crippen molar-refractivity contribution in [2.45, 2.75) is 25.0 Å². The lowest BCUT2D eigenvalue weighted by Crippen LogP contribution is -2.51. The van der Waals surface area contributed by atoms with Crippen molar-refractivity contribution in [3.63, 3.8) is 0 Å². The molecule has 2 rings (SSSR count). The van der Waals surface area contributed by atoms with Gasteiger partial charge in [-0.05, 0) is 18.6 Å². The van der Waals surface area contributed by atoms with E-state index in [1.54, 1.807) is 0 Å². The molecule has 1 heterocycles. The van der Waals surface area contributed by atoms with Gasteiger partial charge in [0.1, 0.15) is 12.4 Å². The quantitative estimate of drug-likeness (QED) is 0.736. The summed E-state index contributed by atoms with van der Waals surface area (Å²) in [5.74, 6) is -0.498. The summed E-state index contributed by atoms with van der Waals surface area (Å²) in [5, 5.41) is 11.5. The van der Waals surface area contributed by atoms with E-state index in [1.165, 1.54) is 0 Å². The molecule has 23 heavy (non-hydrogen) atoms. The molecule has 1 aromatic rings. The number of amides is 1. The monoisotopic (exact) mass is 323 g/mol. The van der Waals surface area contributed by atoms with Gasteiger partial charge in [0.25, 0.3) is 0 Å². The summed E-state index contributed by atoms with van der Waals surface area (Å²) in [6.07, 6.45) is 0.411. The van der Waals surface area contributed by atoms with E-state index in [9.17, 15) is 9.59 Å². The number of aliphatic carboxylic acids is 1. The molecule has 1 amide bonds. The standard InChI is InChI=1S/C16H21NO6/c18-15(7-9-22-12-4-2-1-3-5-12)17-13-10-21-8-6-14(13)23-11-16(19)20/h1-5,13-14H,6-11H2,(H,17,18)(H,19,20)/t13-,14+/m1/s1. The number of rotatable bonds is 8. The van der Waals surface area contributed by atoms with Gasteiger partial charge < -0.3 is 24.6 Å². The van der Waals surface area contributed by atoms with Crippen molar-refractivity contribution in [3.8, 4) is 5.75 Å². The van der Waals surface area contributed by atoms with Gasteiger partial charge in [-0.2, -0.15) is 0 Å². The van der Waals surface area contributed by atoms with Gasteiger partial charge in [-0.3, -0.25) is 4.79 Å². The van der Waals surface area contributed by atoms with Crippen molar-refractivity contribution in [1.82, 2.24) is 5.32 Å². The second-order valence-corrected chi connectivity index (χ2v) is 5.19. The van der Waals surface area contributed by atoms with Gasteiger partial charge in [0.15, 0.2) is 0 Å². The lowest BCUT2D eigenvalue weighted by atomic mass is 10.1. The van der Waals surface area contributed by atoms with Gasteiger partial charge >= 0.3 is 5.97 Å². The van der Waals surface area contributed by atoms with Crippen molar-refractivity contribution in [2.75, 3.05) is 26.4 Å². The van der Waals surface area contributed by atoms with Gasteiger partial charge in [0.05, 0.1) is 31.8 Å². The first-order valence-corrected chi connectivity index (χ1v) is 7.53. The summed E-state index contributed by atoms with van der Waals surface area (Å²) >= 11 is 0. The molecule has 1 aromatic carbocycles. The largest absolute Gasteiger partial charge is 0.493 e. The molecule has 1 aliphatic heterocycles. The van der Waals surface area contributed by atoms with E-state index in [2.05, 4.69) is 5.32 Å². The molecule has 2 N–H and O–H groups in total. The molecule has 1 aliphatic rings. The van der Waals surface area contributed by atoms with Crippen LogP contribution in [-0.2, 0) is 19.1 Å². The van der Waals surface area contributed by atoms with E-state index in [0.29, 0.717) is 25.4 Å². The second-order valence-electron chi connectivity index (χ2n) is 5.19. The van der Waals surface area contributed by atoms with Crippen LogP contribution in [0.15, 0.2) is 30.3 Å². The predicted octanol–water partition coefficient (Wildman–Crippen LogP) is 0.830. The zero-order valence-electron chi connectivity index (χ0n) is 12.8. The van der Waals surface area contributed by atoms with Crippen molar-refractivity contribution in [1.29, 1.82) is 0 Å². The van der Waals surface area contributed by atoms with Crippen LogP contribution in [0.1, 0.15) is 12.8 Å². The second kappa shape index (κ2) is 9.12. The molecule has 7 heteroatoms. The summed E-state index contributed by atoms with van der Waals surface area (Å²) in [5.41, 5.74) is 0. The zero-order valence-corrected chi connectivity index (χ0v) is 12.8. The molecular formula is C16H21NO6. The summed E-state index contributed by atoms with van der Waals surface area (Å²) in [6.45, 7) is 0.696. The first-order chi connectivity index (χ1) is 11.1. The molecule has 2 atom stereocenters. The minimum absolute atomic E-state index is 0.180. The molecule has 0 spiro atoms. The minimum atomic E-state index is -1.03. The van der Waals surface area contributed by atoms with Crippen molar-refractivity contribution < 1.29 is 28.9 Å². The fourth-order valence-electron chi connectivity index (χ4n) is 2.29. The Labute approximate surface area is 134 Å². The Morgan fingerprint density at radius 1 is 1.30 bits per heavy atom. The summed E-state index contributed by atoms with van der Waals surface area (Å²) < 4.78 is 16.1. The number of carboxylic acid groups (broad SMARTS) is 1. The summed E-state index contributed by atoms with van der Waals surface area (Å²) in [7, 11) is 0. The van der Waals surface area contributed by atoms with E-state index >= 15 is 0 Å². The summed E-state index contributed by atoms with van der Waals surface area (Å²) in [4.78, 5) is 22.6. The number of carbonyl (C=O) groups excluding carboxylic acids is 1. The smallest absolute Gasteiger partial charge is 0.329 e. The fraction of sp³-hybridized carbons (Fsp3) is 0.500. The van der Waals surface area contributed by atoms with Gasteiger partial charge in [0.2, 0.25) is 5.91 Å². The van der Waals surface area contributed by atoms with Crippen LogP contribution in [0.25, 0.3) is 0 Å². The Balaban J connectivity index is 1.72. The molecule has 0 aliphatic carbocycles. The number of carboxylic acids is 1. The highest BCUT2D eigenvalue weighted by molar-refractivity contribution is 5.76. The lowest BCUT2D eigenvalue weighted by molar-refractivity contribution is -0.148. The molecule has 0 aromatic heterocycles. The maximum absolute atomic E-state index is 12.0. The van der Waals surface area contributed by atoms with Crippen LogP contribution >= 0.6 is 0 Å². The Morgan fingerprint density at radius 2 is 2.09 bits per heavy atom. The van der Waals surface area contributed by atoms with Crippen LogP contribution in [0.5, 0.6) is 5.75 Å². The fourth-order valence-corrected chi connectivity index (χ4v) is 2.29. The summed E-state index contributed by atoms with van der Waals surface area (Å²) in [6, 6.07) is 8.91. The van der Waals surface area contributed by atoms with E-state index in [4.69, 9.17) is 19.3 Å². The number of para-hydroxylation sites is 1. The molecule has 0 unspecified atom stereocenters. The first-order valence-electron chi connectivity index (χ1n) is 7.53. The van der Waals surface area contributed by atoms with Crippen LogP contribution in [0.3, 0.4) is 0 Å². The van der Waals surface area contributed by atoms with Crippen LogP contribution in [-0.4, -0.2) is 55.6 Å². The predicted molar refractivity (Wildman–Crippen MR) is 81.3 cm³/mol. The number of hydrogen-bond acceptors (Lipinski definition) is 5. The molecule has 0 radical (unpaired) electrons. The van der Waals surface area contributed by atoms with Crippen LogP contribution in [0.4, 0.5) is 0 Å². The first kappa shape index (κ1) is 17.2. The molecule has 0 bridgehead atoms. The van der Waals surface area contributed by atoms with Crippen LogP contribution in [0, 0.1) is 0 Å². The molecule has 126 valence electrons. The zero-order chi connectivity index (χ0) is 16.5. The van der Waals surface area contributed by atoms with E-state index in [-0.39, 0.29) is 37.7 Å².